The van der Waals surface area contributed by atoms with E-state index in [-0.39, 0.29) is 12.5 Å². The largest absolute Gasteiger partial charge is 0.394 e. The summed E-state index contributed by atoms with van der Waals surface area (Å²) in [5.74, 6) is -0.0840. The van der Waals surface area contributed by atoms with Crippen LogP contribution < -0.4 is 5.32 Å². The molecule has 0 spiro atoms. The van der Waals surface area contributed by atoms with Crippen LogP contribution in [0.1, 0.15) is 206 Å². The van der Waals surface area contributed by atoms with Crippen LogP contribution in [0.3, 0.4) is 0 Å². The summed E-state index contributed by atoms with van der Waals surface area (Å²) in [7, 11) is 0. The third-order valence-electron chi connectivity index (χ3n) is 10.2. The Kier molecular flexibility index (Phi) is 46.0. The van der Waals surface area contributed by atoms with Gasteiger partial charge in [-0.1, -0.05) is 220 Å². The van der Waals surface area contributed by atoms with E-state index in [1.165, 1.54) is 103 Å². The van der Waals surface area contributed by atoms with E-state index >= 15 is 0 Å². The SMILES string of the molecule is CC/C=C\C/C=C\C/C=C\C/C=C\C/C=C\C/C=C\CCCCCCCCCCCCCCCCCCC(=O)NC(CO)C(O)/C=C/CC/C=C/CC/C=C/CCC. The Morgan fingerprint density at radius 3 is 1.19 bits per heavy atom. The van der Waals surface area contributed by atoms with E-state index in [0.717, 1.165) is 83.5 Å². The Morgan fingerprint density at radius 1 is 0.431 bits per heavy atom. The van der Waals surface area contributed by atoms with Gasteiger partial charge in [0, 0.05) is 6.42 Å². The van der Waals surface area contributed by atoms with Crippen LogP contribution >= 0.6 is 0 Å². The first-order chi connectivity index (χ1) is 28.7. The van der Waals surface area contributed by atoms with E-state index in [4.69, 9.17) is 0 Å². The molecule has 2 atom stereocenters. The Morgan fingerprint density at radius 2 is 0.776 bits per heavy atom. The average molecular weight is 802 g/mol. The van der Waals surface area contributed by atoms with Crippen molar-refractivity contribution in [1.82, 2.24) is 5.32 Å². The zero-order valence-corrected chi connectivity index (χ0v) is 37.8. The van der Waals surface area contributed by atoms with Gasteiger partial charge < -0.3 is 15.5 Å². The molecule has 0 aliphatic rings. The highest BCUT2D eigenvalue weighted by Crippen LogP contribution is 2.15. The fourth-order valence-electron chi connectivity index (χ4n) is 6.57. The summed E-state index contributed by atoms with van der Waals surface area (Å²) in [5.41, 5.74) is 0. The summed E-state index contributed by atoms with van der Waals surface area (Å²) in [6.07, 6.45) is 73.7. The Hall–Kier alpha value is -2.95. The predicted molar refractivity (Wildman–Crippen MR) is 257 cm³/mol. The lowest BCUT2D eigenvalue weighted by atomic mass is 10.0. The summed E-state index contributed by atoms with van der Waals surface area (Å²) in [4.78, 5) is 12.4. The van der Waals surface area contributed by atoms with Crippen LogP contribution in [0.5, 0.6) is 0 Å². The number of nitrogens with one attached hydrogen (secondary N) is 1. The lowest BCUT2D eigenvalue weighted by Gasteiger charge is -2.19. The van der Waals surface area contributed by atoms with Crippen molar-refractivity contribution in [3.05, 3.63) is 109 Å². The molecule has 4 nitrogen and oxygen atoms in total. The molecule has 0 saturated carbocycles. The topological polar surface area (TPSA) is 69.6 Å². The second-order valence-electron chi connectivity index (χ2n) is 15.8. The highest BCUT2D eigenvalue weighted by atomic mass is 16.3. The number of aliphatic hydroxyl groups is 2. The van der Waals surface area contributed by atoms with Crippen LogP contribution in [0, 0.1) is 0 Å². The maximum absolute atomic E-state index is 12.4. The number of allylic oxidation sites excluding steroid dienone is 17. The number of hydrogen-bond donors (Lipinski definition) is 3. The quantitative estimate of drug-likeness (QED) is 0.0425. The van der Waals surface area contributed by atoms with Gasteiger partial charge in [-0.25, -0.2) is 0 Å². The summed E-state index contributed by atoms with van der Waals surface area (Å²) >= 11 is 0. The molecule has 2 unspecified atom stereocenters. The molecule has 0 bridgehead atoms. The van der Waals surface area contributed by atoms with Crippen LogP contribution in [0.4, 0.5) is 0 Å². The molecule has 0 radical (unpaired) electrons. The molecule has 3 N–H and O–H groups in total. The van der Waals surface area contributed by atoms with E-state index in [9.17, 15) is 15.0 Å². The number of amides is 1. The van der Waals surface area contributed by atoms with Crippen molar-refractivity contribution in [3.63, 3.8) is 0 Å². The van der Waals surface area contributed by atoms with Crippen LogP contribution in [0.15, 0.2) is 109 Å². The fraction of sp³-hybridized carbons (Fsp3) is 0.648. The van der Waals surface area contributed by atoms with Crippen molar-refractivity contribution in [3.8, 4) is 0 Å². The lowest BCUT2D eigenvalue weighted by molar-refractivity contribution is -0.123. The second-order valence-corrected chi connectivity index (χ2v) is 15.8. The van der Waals surface area contributed by atoms with Crippen molar-refractivity contribution in [2.75, 3.05) is 6.61 Å². The van der Waals surface area contributed by atoms with Crippen LogP contribution in [-0.2, 0) is 4.79 Å². The van der Waals surface area contributed by atoms with Crippen molar-refractivity contribution < 1.29 is 15.0 Å². The summed E-state index contributed by atoms with van der Waals surface area (Å²) in [5, 5.41) is 22.9. The maximum atomic E-state index is 12.4. The minimum Gasteiger partial charge on any atom is -0.394 e. The molecule has 330 valence electrons. The first-order valence-electron chi connectivity index (χ1n) is 24.1. The smallest absolute Gasteiger partial charge is 0.220 e. The molecule has 58 heavy (non-hydrogen) atoms. The third-order valence-corrected chi connectivity index (χ3v) is 10.2. The molecular weight excluding hydrogens is 711 g/mol. The van der Waals surface area contributed by atoms with Gasteiger partial charge in [-0.2, -0.15) is 0 Å². The Balaban J connectivity index is 3.53. The highest BCUT2D eigenvalue weighted by molar-refractivity contribution is 5.76. The predicted octanol–water partition coefficient (Wildman–Crippen LogP) is 15.6. The Labute approximate surface area is 359 Å². The normalized spacial score (nSPS) is 13.9. The van der Waals surface area contributed by atoms with Gasteiger partial charge in [-0.05, 0) is 89.9 Å². The second kappa shape index (κ2) is 48.4. The number of carbonyl (C=O) groups is 1. The van der Waals surface area contributed by atoms with Crippen LogP contribution in [-0.4, -0.2) is 34.9 Å². The third kappa shape index (κ3) is 44.2. The van der Waals surface area contributed by atoms with Crippen molar-refractivity contribution in [2.45, 2.75) is 219 Å². The van der Waals surface area contributed by atoms with Gasteiger partial charge in [0.2, 0.25) is 5.91 Å². The van der Waals surface area contributed by atoms with Gasteiger partial charge in [0.25, 0.3) is 0 Å². The number of carbonyl (C=O) groups excluding carboxylic acids is 1. The van der Waals surface area contributed by atoms with Gasteiger partial charge in [0.15, 0.2) is 0 Å². The number of hydrogen-bond acceptors (Lipinski definition) is 3. The molecule has 0 saturated heterocycles. The van der Waals surface area contributed by atoms with Gasteiger partial charge in [-0.3, -0.25) is 4.79 Å². The first-order valence-corrected chi connectivity index (χ1v) is 24.1. The fourth-order valence-corrected chi connectivity index (χ4v) is 6.57. The zero-order valence-electron chi connectivity index (χ0n) is 37.8. The van der Waals surface area contributed by atoms with E-state index < -0.39 is 12.1 Å². The van der Waals surface area contributed by atoms with E-state index in [1.54, 1.807) is 6.08 Å². The van der Waals surface area contributed by atoms with Gasteiger partial charge in [0.05, 0.1) is 18.8 Å². The molecule has 1 amide bonds. The average Bonchev–Trinajstić information content (AvgIpc) is 3.23. The van der Waals surface area contributed by atoms with Crippen molar-refractivity contribution >= 4 is 5.91 Å². The molecule has 0 aromatic rings. The van der Waals surface area contributed by atoms with Crippen molar-refractivity contribution in [1.29, 1.82) is 0 Å². The molecule has 0 aromatic carbocycles. The molecular formula is C54H91NO3. The van der Waals surface area contributed by atoms with Gasteiger partial charge >= 0.3 is 0 Å². The molecule has 4 heteroatoms. The molecule has 0 rings (SSSR count). The number of unbranched alkanes of at least 4 members (excludes halogenated alkanes) is 19. The molecule has 0 fully saturated rings. The number of aliphatic hydroxyl groups excluding tert-OH is 2. The molecule has 0 aromatic heterocycles. The van der Waals surface area contributed by atoms with Crippen LogP contribution in [0.2, 0.25) is 0 Å². The monoisotopic (exact) mass is 802 g/mol. The standard InChI is InChI=1S/C54H91NO3/c1-3-5-7-9-11-13-15-16-17-18-19-20-21-22-23-24-25-26-27-28-29-30-31-32-33-34-35-36-37-38-40-42-44-46-48-50-54(58)55-52(51-56)53(57)49-47-45-43-41-39-14-12-10-8-6-4-2/h5,7-8,10-11,13,16-17,19-20,22-23,25-26,39,41,47,49,52-53,56-57H,3-4,6,9,12,14-15,18,21,24,27-38,40,42-46,48,50-51H2,1-2H3,(H,55,58)/b7-5-,10-8+,13-11-,17-16-,20-19-,23-22-,26-25-,41-39+,49-47+. The maximum Gasteiger partial charge on any atom is 0.220 e. The molecule has 0 aliphatic carbocycles. The lowest BCUT2D eigenvalue weighted by Crippen LogP contribution is -2.45. The first kappa shape index (κ1) is 55.1. The van der Waals surface area contributed by atoms with E-state index in [1.807, 2.05) is 6.08 Å². The van der Waals surface area contributed by atoms with E-state index in [0.29, 0.717) is 6.42 Å². The molecule has 0 aliphatic heterocycles. The van der Waals surface area contributed by atoms with Crippen molar-refractivity contribution in [2.24, 2.45) is 0 Å². The minimum atomic E-state index is -0.873. The number of rotatable bonds is 42. The van der Waals surface area contributed by atoms with Gasteiger partial charge in [-0.15, -0.1) is 0 Å². The zero-order chi connectivity index (χ0) is 42.1. The Bertz CT molecular complexity index is 1140. The molecule has 0 heterocycles. The summed E-state index contributed by atoms with van der Waals surface area (Å²) < 4.78 is 0. The minimum absolute atomic E-state index is 0.0840. The summed E-state index contributed by atoms with van der Waals surface area (Å²) in [6.45, 7) is 4.09. The van der Waals surface area contributed by atoms with E-state index in [2.05, 4.69) is 116 Å². The van der Waals surface area contributed by atoms with Crippen LogP contribution in [0.25, 0.3) is 0 Å². The summed E-state index contributed by atoms with van der Waals surface area (Å²) in [6, 6.07) is -0.649. The highest BCUT2D eigenvalue weighted by Gasteiger charge is 2.17. The van der Waals surface area contributed by atoms with Gasteiger partial charge in [0.1, 0.15) is 0 Å².